The number of esters is 1. The van der Waals surface area contributed by atoms with Crippen molar-refractivity contribution in [1.29, 1.82) is 0 Å². The van der Waals surface area contributed by atoms with Crippen LogP contribution in [0.15, 0.2) is 24.3 Å². The van der Waals surface area contributed by atoms with Gasteiger partial charge in [-0.15, -0.1) is 0 Å². The van der Waals surface area contributed by atoms with E-state index in [4.69, 9.17) is 0 Å². The molecule has 2 rings (SSSR count). The van der Waals surface area contributed by atoms with Gasteiger partial charge in [-0.25, -0.2) is 4.79 Å². The average molecular weight is 303 g/mol. The molecule has 0 aliphatic heterocycles. The minimum atomic E-state index is -0.389. The number of benzene rings is 1. The molecule has 1 N–H and O–H groups in total. The summed E-state index contributed by atoms with van der Waals surface area (Å²) in [7, 11) is 1.34. The van der Waals surface area contributed by atoms with Crippen LogP contribution >= 0.6 is 0 Å². The number of hydrogen-bond donors (Lipinski definition) is 1. The highest BCUT2D eigenvalue weighted by atomic mass is 16.5. The Morgan fingerprint density at radius 2 is 1.73 bits per heavy atom. The summed E-state index contributed by atoms with van der Waals surface area (Å²) >= 11 is 0. The summed E-state index contributed by atoms with van der Waals surface area (Å²) < 4.78 is 4.63. The van der Waals surface area contributed by atoms with Crippen LogP contribution in [0.3, 0.4) is 0 Å². The summed E-state index contributed by atoms with van der Waals surface area (Å²) in [6.07, 6.45) is 9.06. The van der Waals surface area contributed by atoms with Gasteiger partial charge in [-0.2, -0.15) is 0 Å². The predicted octanol–water partition coefficient (Wildman–Crippen LogP) is 3.56. The molecule has 0 saturated heterocycles. The molecule has 0 heterocycles. The fourth-order valence-electron chi connectivity index (χ4n) is 3.05. The Hall–Kier alpha value is -1.84. The number of ether oxygens (including phenoxy) is 1. The van der Waals surface area contributed by atoms with Crippen molar-refractivity contribution in [3.05, 3.63) is 35.4 Å². The topological polar surface area (TPSA) is 55.4 Å². The van der Waals surface area contributed by atoms with Gasteiger partial charge in [0.2, 0.25) is 0 Å². The van der Waals surface area contributed by atoms with Crippen LogP contribution in [0.25, 0.3) is 0 Å². The Morgan fingerprint density at radius 1 is 1.09 bits per heavy atom. The Labute approximate surface area is 132 Å². The predicted molar refractivity (Wildman–Crippen MR) is 85.9 cm³/mol. The molecule has 0 radical (unpaired) electrons. The van der Waals surface area contributed by atoms with E-state index in [1.165, 1.54) is 45.6 Å². The number of carbonyl (C=O) groups excluding carboxylic acids is 2. The van der Waals surface area contributed by atoms with Crippen molar-refractivity contribution in [2.75, 3.05) is 13.7 Å². The standard InChI is InChI=1S/C18H25NO3/c1-22-18(21)16-11-9-15(10-12-16)17(20)19-13-5-8-14-6-3-2-4-7-14/h9-12,14H,2-8,13H2,1H3,(H,19,20). The molecule has 1 amide bonds. The zero-order chi connectivity index (χ0) is 15.8. The lowest BCUT2D eigenvalue weighted by Crippen LogP contribution is -2.25. The number of methoxy groups -OCH3 is 1. The maximum atomic E-state index is 12.0. The van der Waals surface area contributed by atoms with Gasteiger partial charge >= 0.3 is 5.97 Å². The molecular weight excluding hydrogens is 278 g/mol. The van der Waals surface area contributed by atoms with Crippen LogP contribution in [-0.4, -0.2) is 25.5 Å². The van der Waals surface area contributed by atoms with Crippen LogP contribution in [0.5, 0.6) is 0 Å². The van der Waals surface area contributed by atoms with Crippen molar-refractivity contribution in [1.82, 2.24) is 5.32 Å². The second kappa shape index (κ2) is 8.57. The van der Waals surface area contributed by atoms with E-state index in [1.54, 1.807) is 24.3 Å². The second-order valence-corrected chi connectivity index (χ2v) is 5.97. The smallest absolute Gasteiger partial charge is 0.337 e. The molecule has 120 valence electrons. The van der Waals surface area contributed by atoms with Gasteiger partial charge in [0.1, 0.15) is 0 Å². The lowest BCUT2D eigenvalue weighted by Gasteiger charge is -2.21. The number of hydrogen-bond acceptors (Lipinski definition) is 3. The highest BCUT2D eigenvalue weighted by Gasteiger charge is 2.13. The Bertz CT molecular complexity index is 490. The van der Waals surface area contributed by atoms with Gasteiger partial charge in [-0.3, -0.25) is 4.79 Å². The number of rotatable bonds is 6. The zero-order valence-corrected chi connectivity index (χ0v) is 13.3. The summed E-state index contributed by atoms with van der Waals surface area (Å²) in [5.41, 5.74) is 1.03. The first-order chi connectivity index (χ1) is 10.7. The van der Waals surface area contributed by atoms with Crippen LogP contribution < -0.4 is 5.32 Å². The third-order valence-electron chi connectivity index (χ3n) is 4.37. The Kier molecular flexibility index (Phi) is 6.44. The third kappa shape index (κ3) is 4.86. The van der Waals surface area contributed by atoms with Gasteiger partial charge in [0.05, 0.1) is 12.7 Å². The van der Waals surface area contributed by atoms with Crippen molar-refractivity contribution in [2.24, 2.45) is 5.92 Å². The molecule has 0 unspecified atom stereocenters. The first-order valence-corrected chi connectivity index (χ1v) is 8.17. The monoisotopic (exact) mass is 303 g/mol. The van der Waals surface area contributed by atoms with E-state index < -0.39 is 0 Å². The fraction of sp³-hybridized carbons (Fsp3) is 0.556. The maximum absolute atomic E-state index is 12.0. The summed E-state index contributed by atoms with van der Waals surface area (Å²) in [5, 5.41) is 2.95. The van der Waals surface area contributed by atoms with Crippen LogP contribution in [0.4, 0.5) is 0 Å². The molecule has 4 nitrogen and oxygen atoms in total. The van der Waals surface area contributed by atoms with Crippen molar-refractivity contribution < 1.29 is 14.3 Å². The zero-order valence-electron chi connectivity index (χ0n) is 13.3. The Morgan fingerprint density at radius 3 is 2.36 bits per heavy atom. The van der Waals surface area contributed by atoms with E-state index in [1.807, 2.05) is 0 Å². The minimum Gasteiger partial charge on any atom is -0.465 e. The highest BCUT2D eigenvalue weighted by Crippen LogP contribution is 2.26. The summed E-state index contributed by atoms with van der Waals surface area (Å²) in [6, 6.07) is 6.54. The van der Waals surface area contributed by atoms with Gasteiger partial charge in [-0.05, 0) is 43.0 Å². The summed E-state index contributed by atoms with van der Waals surface area (Å²) in [5.74, 6) is 0.379. The van der Waals surface area contributed by atoms with Crippen molar-refractivity contribution in [2.45, 2.75) is 44.9 Å². The maximum Gasteiger partial charge on any atom is 0.337 e. The van der Waals surface area contributed by atoms with Crippen LogP contribution in [0.1, 0.15) is 65.7 Å². The quantitative estimate of drug-likeness (QED) is 0.645. The molecule has 22 heavy (non-hydrogen) atoms. The number of carbonyl (C=O) groups is 2. The second-order valence-electron chi connectivity index (χ2n) is 5.97. The molecule has 4 heteroatoms. The molecule has 1 aliphatic carbocycles. The van der Waals surface area contributed by atoms with Gasteiger partial charge in [-0.1, -0.05) is 32.1 Å². The van der Waals surface area contributed by atoms with E-state index >= 15 is 0 Å². The fourth-order valence-corrected chi connectivity index (χ4v) is 3.05. The first kappa shape index (κ1) is 16.5. The molecule has 0 spiro atoms. The number of amides is 1. The van der Waals surface area contributed by atoms with Crippen LogP contribution in [-0.2, 0) is 4.74 Å². The van der Waals surface area contributed by atoms with Crippen molar-refractivity contribution in [3.8, 4) is 0 Å². The molecule has 0 bridgehead atoms. The van der Waals surface area contributed by atoms with E-state index in [9.17, 15) is 9.59 Å². The molecule has 0 atom stereocenters. The minimum absolute atomic E-state index is 0.0833. The van der Waals surface area contributed by atoms with Gasteiger partial charge in [0.25, 0.3) is 5.91 Å². The SMILES string of the molecule is COC(=O)c1ccc(C(=O)NCCCC2CCCCC2)cc1. The van der Waals surface area contributed by atoms with Gasteiger partial charge < -0.3 is 10.1 Å². The van der Waals surface area contributed by atoms with E-state index in [0.29, 0.717) is 17.7 Å². The average Bonchev–Trinajstić information content (AvgIpc) is 2.59. The lowest BCUT2D eigenvalue weighted by atomic mass is 9.86. The lowest BCUT2D eigenvalue weighted by molar-refractivity contribution is 0.0600. The van der Waals surface area contributed by atoms with Crippen molar-refractivity contribution >= 4 is 11.9 Å². The normalized spacial score (nSPS) is 15.3. The Balaban J connectivity index is 1.71. The van der Waals surface area contributed by atoms with E-state index in [0.717, 1.165) is 12.3 Å². The van der Waals surface area contributed by atoms with Gasteiger partial charge in [0.15, 0.2) is 0 Å². The highest BCUT2D eigenvalue weighted by molar-refractivity contribution is 5.96. The molecule has 1 saturated carbocycles. The van der Waals surface area contributed by atoms with Crippen LogP contribution in [0, 0.1) is 5.92 Å². The van der Waals surface area contributed by atoms with Gasteiger partial charge in [0, 0.05) is 12.1 Å². The molecule has 1 fully saturated rings. The van der Waals surface area contributed by atoms with Crippen LogP contribution in [0.2, 0.25) is 0 Å². The summed E-state index contributed by atoms with van der Waals surface area (Å²) in [4.78, 5) is 23.4. The third-order valence-corrected chi connectivity index (χ3v) is 4.37. The largest absolute Gasteiger partial charge is 0.465 e. The molecular formula is C18H25NO3. The molecule has 0 aromatic heterocycles. The molecule has 1 aliphatic rings. The molecule has 1 aromatic rings. The summed E-state index contributed by atoms with van der Waals surface area (Å²) in [6.45, 7) is 0.716. The molecule has 1 aromatic carbocycles. The first-order valence-electron chi connectivity index (χ1n) is 8.17. The van der Waals surface area contributed by atoms with Crippen molar-refractivity contribution in [3.63, 3.8) is 0 Å². The van der Waals surface area contributed by atoms with E-state index in [2.05, 4.69) is 10.1 Å². The number of nitrogens with one attached hydrogen (secondary N) is 1. The van der Waals surface area contributed by atoms with E-state index in [-0.39, 0.29) is 11.9 Å².